The van der Waals surface area contributed by atoms with E-state index in [1.807, 2.05) is 24.7 Å². The standard InChI is InChI=1S/C26H38N8O2/c1-4-21-25(30-17-5-6-19(35)11-17)32-22-20(13-28-24(27)23(22)31-21)16-12-29-34(14-16)18-7-9-33(10-8-18)15-26(2,3)36/h12-14,17-19,35-36H,4-11,15H2,1-3H3,(H2,27,28)(H,30,32)/t17-,19+/m1/s1. The molecule has 2 atom stereocenters. The number of aryl methyl sites for hydroxylation is 1. The number of nitrogens with one attached hydrogen (secondary N) is 1. The van der Waals surface area contributed by atoms with Crippen molar-refractivity contribution in [2.75, 3.05) is 30.7 Å². The van der Waals surface area contributed by atoms with Crippen LogP contribution in [0.25, 0.3) is 22.2 Å². The van der Waals surface area contributed by atoms with Crippen LogP contribution >= 0.6 is 0 Å². The lowest BCUT2D eigenvalue weighted by Crippen LogP contribution is -2.43. The van der Waals surface area contributed by atoms with Crippen LogP contribution in [0.2, 0.25) is 0 Å². The summed E-state index contributed by atoms with van der Waals surface area (Å²) in [5.74, 6) is 1.12. The van der Waals surface area contributed by atoms with Crippen LogP contribution in [0.1, 0.15) is 64.6 Å². The quantitative estimate of drug-likeness (QED) is 0.390. The molecule has 4 heterocycles. The fourth-order valence-electron chi connectivity index (χ4n) is 5.51. The molecule has 5 rings (SSSR count). The maximum Gasteiger partial charge on any atom is 0.151 e. The van der Waals surface area contributed by atoms with Gasteiger partial charge in [0.25, 0.3) is 0 Å². The molecule has 0 bridgehead atoms. The monoisotopic (exact) mass is 494 g/mol. The highest BCUT2D eigenvalue weighted by atomic mass is 16.3. The minimum Gasteiger partial charge on any atom is -0.393 e. The zero-order valence-electron chi connectivity index (χ0n) is 21.5. The van der Waals surface area contributed by atoms with Gasteiger partial charge in [-0.05, 0) is 52.4 Å². The van der Waals surface area contributed by atoms with Crippen LogP contribution in [-0.4, -0.2) is 77.2 Å². The molecular weight excluding hydrogens is 456 g/mol. The van der Waals surface area contributed by atoms with Crippen molar-refractivity contribution >= 4 is 22.7 Å². The Balaban J connectivity index is 1.41. The molecule has 5 N–H and O–H groups in total. The van der Waals surface area contributed by atoms with Gasteiger partial charge in [-0.25, -0.2) is 15.0 Å². The number of rotatable bonds is 7. The molecule has 2 aliphatic rings. The zero-order chi connectivity index (χ0) is 25.4. The van der Waals surface area contributed by atoms with Gasteiger partial charge in [-0.15, -0.1) is 0 Å². The predicted molar refractivity (Wildman–Crippen MR) is 141 cm³/mol. The van der Waals surface area contributed by atoms with E-state index in [4.69, 9.17) is 20.8 Å². The zero-order valence-corrected chi connectivity index (χ0v) is 21.5. The van der Waals surface area contributed by atoms with Gasteiger partial charge in [-0.3, -0.25) is 4.68 Å². The molecule has 0 spiro atoms. The number of hydrogen-bond donors (Lipinski definition) is 4. The topological polar surface area (TPSA) is 138 Å². The van der Waals surface area contributed by atoms with Gasteiger partial charge >= 0.3 is 0 Å². The summed E-state index contributed by atoms with van der Waals surface area (Å²) in [6.45, 7) is 8.32. The van der Waals surface area contributed by atoms with E-state index < -0.39 is 5.60 Å². The number of nitrogens with zero attached hydrogens (tertiary/aromatic N) is 6. The van der Waals surface area contributed by atoms with Crippen LogP contribution in [0.4, 0.5) is 11.6 Å². The first-order chi connectivity index (χ1) is 17.2. The number of piperidine rings is 1. The van der Waals surface area contributed by atoms with E-state index in [0.29, 0.717) is 35.9 Å². The Hall–Kier alpha value is -2.82. The van der Waals surface area contributed by atoms with E-state index in [0.717, 1.165) is 67.8 Å². The van der Waals surface area contributed by atoms with Gasteiger partial charge in [0.05, 0.1) is 29.6 Å². The van der Waals surface area contributed by atoms with Crippen molar-refractivity contribution < 1.29 is 10.2 Å². The van der Waals surface area contributed by atoms with Gasteiger partial charge in [0, 0.05) is 49.2 Å². The smallest absolute Gasteiger partial charge is 0.151 e. The third-order valence-electron chi connectivity index (χ3n) is 7.33. The average Bonchev–Trinajstić information content (AvgIpc) is 3.48. The third kappa shape index (κ3) is 5.30. The average molecular weight is 495 g/mol. The summed E-state index contributed by atoms with van der Waals surface area (Å²) in [5.41, 5.74) is 9.50. The molecule has 0 aromatic carbocycles. The van der Waals surface area contributed by atoms with Crippen molar-refractivity contribution in [3.8, 4) is 11.1 Å². The number of β-amino-alcohol motifs (C(OH)–C–C–N with tert-alkyl or cyclic N) is 1. The Bertz CT molecular complexity index is 1210. The SMILES string of the molecule is CCc1nc2c(N)ncc(-c3cnn(C4CCN(CC(C)(C)O)CC4)c3)c2nc1N[C@@H]1CC[C@H](O)C1. The molecule has 3 aromatic heterocycles. The number of likely N-dealkylation sites (tertiary alicyclic amines) is 1. The van der Waals surface area contributed by atoms with Gasteiger partial charge in [0.15, 0.2) is 5.82 Å². The molecule has 0 radical (unpaired) electrons. The summed E-state index contributed by atoms with van der Waals surface area (Å²) >= 11 is 0. The number of hydrogen-bond acceptors (Lipinski definition) is 9. The normalized spacial score (nSPS) is 21.9. The summed E-state index contributed by atoms with van der Waals surface area (Å²) < 4.78 is 2.05. The van der Waals surface area contributed by atoms with E-state index in [2.05, 4.69) is 28.3 Å². The highest BCUT2D eigenvalue weighted by molar-refractivity contribution is 5.96. The van der Waals surface area contributed by atoms with Crippen LogP contribution < -0.4 is 11.1 Å². The molecule has 0 amide bonds. The van der Waals surface area contributed by atoms with Crippen LogP contribution in [-0.2, 0) is 6.42 Å². The molecular formula is C26H38N8O2. The second-order valence-electron chi connectivity index (χ2n) is 11.0. The van der Waals surface area contributed by atoms with Crippen molar-refractivity contribution in [2.24, 2.45) is 0 Å². The van der Waals surface area contributed by atoms with E-state index in [-0.39, 0.29) is 12.1 Å². The number of aliphatic hydroxyl groups is 2. The van der Waals surface area contributed by atoms with Crippen LogP contribution in [0.15, 0.2) is 18.6 Å². The molecule has 194 valence electrons. The first-order valence-corrected chi connectivity index (χ1v) is 13.1. The summed E-state index contributed by atoms with van der Waals surface area (Å²) in [7, 11) is 0. The Labute approximate surface area is 212 Å². The van der Waals surface area contributed by atoms with Crippen molar-refractivity contribution in [2.45, 2.75) is 83.1 Å². The Morgan fingerprint density at radius 1 is 1.11 bits per heavy atom. The minimum atomic E-state index is -0.682. The molecule has 1 aliphatic carbocycles. The van der Waals surface area contributed by atoms with Gasteiger partial charge < -0.3 is 26.2 Å². The number of anilines is 2. The molecule has 36 heavy (non-hydrogen) atoms. The molecule has 1 aliphatic heterocycles. The van der Waals surface area contributed by atoms with Gasteiger partial charge in [-0.1, -0.05) is 6.92 Å². The summed E-state index contributed by atoms with van der Waals surface area (Å²) in [6, 6.07) is 0.498. The molecule has 3 aromatic rings. The lowest BCUT2D eigenvalue weighted by molar-refractivity contribution is 0.0246. The van der Waals surface area contributed by atoms with Crippen LogP contribution in [0.3, 0.4) is 0 Å². The molecule has 10 nitrogen and oxygen atoms in total. The molecule has 2 fully saturated rings. The van der Waals surface area contributed by atoms with E-state index in [1.54, 1.807) is 6.20 Å². The van der Waals surface area contributed by atoms with E-state index in [9.17, 15) is 10.2 Å². The fourth-order valence-corrected chi connectivity index (χ4v) is 5.51. The summed E-state index contributed by atoms with van der Waals surface area (Å²) in [6.07, 6.45) is 10.6. The van der Waals surface area contributed by atoms with Gasteiger partial charge in [0.2, 0.25) is 0 Å². The lowest BCUT2D eigenvalue weighted by atomic mass is 10.0. The lowest BCUT2D eigenvalue weighted by Gasteiger charge is -2.35. The minimum absolute atomic E-state index is 0.185. The number of fused-ring (bicyclic) bond motifs is 1. The first kappa shape index (κ1) is 24.9. The first-order valence-electron chi connectivity index (χ1n) is 13.1. The maximum absolute atomic E-state index is 10.1. The second-order valence-corrected chi connectivity index (χ2v) is 11.0. The largest absolute Gasteiger partial charge is 0.393 e. The van der Waals surface area contributed by atoms with Crippen LogP contribution in [0, 0.1) is 0 Å². The summed E-state index contributed by atoms with van der Waals surface area (Å²) in [5, 5.41) is 28.3. The number of pyridine rings is 1. The Morgan fingerprint density at radius 3 is 2.56 bits per heavy atom. The molecule has 0 unspecified atom stereocenters. The van der Waals surface area contributed by atoms with Gasteiger partial charge in [0.1, 0.15) is 16.9 Å². The molecule has 1 saturated heterocycles. The molecule has 1 saturated carbocycles. The van der Waals surface area contributed by atoms with Crippen molar-refractivity contribution in [3.05, 3.63) is 24.3 Å². The second kappa shape index (κ2) is 9.91. The number of aromatic nitrogens is 5. The number of aliphatic hydroxyl groups excluding tert-OH is 1. The predicted octanol–water partition coefficient (Wildman–Crippen LogP) is 2.77. The van der Waals surface area contributed by atoms with E-state index in [1.165, 1.54) is 0 Å². The van der Waals surface area contributed by atoms with Gasteiger partial charge in [-0.2, -0.15) is 5.10 Å². The fraction of sp³-hybridized carbons (Fsp3) is 0.615. The highest BCUT2D eigenvalue weighted by Crippen LogP contribution is 2.33. The Kier molecular flexibility index (Phi) is 6.84. The third-order valence-corrected chi connectivity index (χ3v) is 7.33. The van der Waals surface area contributed by atoms with Crippen LogP contribution in [0.5, 0.6) is 0 Å². The highest BCUT2D eigenvalue weighted by Gasteiger charge is 2.27. The number of nitrogen functional groups attached to an aromatic ring is 1. The van der Waals surface area contributed by atoms with Crippen molar-refractivity contribution in [1.82, 2.24) is 29.6 Å². The maximum atomic E-state index is 10.1. The van der Waals surface area contributed by atoms with Crippen molar-refractivity contribution in [3.63, 3.8) is 0 Å². The van der Waals surface area contributed by atoms with E-state index >= 15 is 0 Å². The Morgan fingerprint density at radius 2 is 1.89 bits per heavy atom. The molecule has 10 heteroatoms. The van der Waals surface area contributed by atoms with Crippen molar-refractivity contribution in [1.29, 1.82) is 0 Å². The summed E-state index contributed by atoms with van der Waals surface area (Å²) in [4.78, 5) is 16.6. The number of nitrogens with two attached hydrogens (primary N) is 1.